The topological polar surface area (TPSA) is 26.3 Å². The first-order valence-corrected chi connectivity index (χ1v) is 5.21. The molecule has 2 nitrogen and oxygen atoms in total. The first kappa shape index (κ1) is 14.1. The fourth-order valence-electron chi connectivity index (χ4n) is 1.01. The summed E-state index contributed by atoms with van der Waals surface area (Å²) in [6, 6.07) is 3.41. The van der Waals surface area contributed by atoms with Crippen molar-refractivity contribution >= 4 is 21.7 Å². The van der Waals surface area contributed by atoms with Crippen molar-refractivity contribution in [3.8, 4) is 0 Å². The number of rotatable bonds is 4. The molecular weight excluding hydrogens is 308 g/mol. The number of ketones is 1. The van der Waals surface area contributed by atoms with Crippen molar-refractivity contribution in [3.05, 3.63) is 34.1 Å². The maximum atomic E-state index is 12.8. The number of alkyl halides is 3. The molecule has 1 aromatic carbocycles. The molecule has 0 spiro atoms. The van der Waals surface area contributed by atoms with E-state index in [1.165, 1.54) is 12.1 Å². The summed E-state index contributed by atoms with van der Waals surface area (Å²) in [7, 11) is 0. The third-order valence-corrected chi connectivity index (χ3v) is 2.35. The van der Waals surface area contributed by atoms with Crippen LogP contribution in [0.5, 0.6) is 0 Å². The SMILES string of the molecule is O=C(COCC(F)(F)F)c1ccc(F)c(Br)c1. The zero-order valence-electron chi connectivity index (χ0n) is 8.35. The lowest BCUT2D eigenvalue weighted by atomic mass is 10.1. The molecule has 0 heterocycles. The summed E-state index contributed by atoms with van der Waals surface area (Å²) in [6.45, 7) is -2.18. The van der Waals surface area contributed by atoms with Crippen molar-refractivity contribution in [2.24, 2.45) is 0 Å². The highest BCUT2D eigenvalue weighted by molar-refractivity contribution is 9.10. The van der Waals surface area contributed by atoms with Gasteiger partial charge in [0.2, 0.25) is 0 Å². The number of ether oxygens (including phenoxy) is 1. The molecule has 0 unspecified atom stereocenters. The second-order valence-electron chi connectivity index (χ2n) is 3.16. The van der Waals surface area contributed by atoms with E-state index in [-0.39, 0.29) is 10.0 Å². The van der Waals surface area contributed by atoms with Gasteiger partial charge in [-0.15, -0.1) is 0 Å². The van der Waals surface area contributed by atoms with Crippen LogP contribution in [-0.4, -0.2) is 25.2 Å². The monoisotopic (exact) mass is 314 g/mol. The lowest BCUT2D eigenvalue weighted by Crippen LogP contribution is -2.20. The van der Waals surface area contributed by atoms with E-state index in [2.05, 4.69) is 20.7 Å². The van der Waals surface area contributed by atoms with Crippen LogP contribution in [0.2, 0.25) is 0 Å². The number of carbonyl (C=O) groups excluding carboxylic acids is 1. The van der Waals surface area contributed by atoms with E-state index in [1.807, 2.05) is 0 Å². The summed E-state index contributed by atoms with van der Waals surface area (Å²) in [6.07, 6.45) is -4.47. The van der Waals surface area contributed by atoms with Crippen LogP contribution >= 0.6 is 15.9 Å². The largest absolute Gasteiger partial charge is 0.411 e. The van der Waals surface area contributed by atoms with Gasteiger partial charge in [-0.1, -0.05) is 0 Å². The number of carbonyl (C=O) groups is 1. The van der Waals surface area contributed by atoms with Crippen LogP contribution in [0.4, 0.5) is 17.6 Å². The Kier molecular flexibility index (Phi) is 4.64. The van der Waals surface area contributed by atoms with Gasteiger partial charge in [-0.3, -0.25) is 4.79 Å². The molecule has 0 atom stereocenters. The third kappa shape index (κ3) is 4.82. The Morgan fingerprint density at radius 2 is 2.00 bits per heavy atom. The van der Waals surface area contributed by atoms with Gasteiger partial charge in [0.1, 0.15) is 19.0 Å². The molecular formula is C10H7BrF4O2. The molecule has 0 N–H and O–H groups in total. The summed E-state index contributed by atoms with van der Waals surface area (Å²) < 4.78 is 52.3. The number of Topliss-reactive ketones (excluding diaryl/α,β-unsaturated/α-hetero) is 1. The standard InChI is InChI=1S/C10H7BrF4O2/c11-7-3-6(1-2-8(7)12)9(16)4-17-5-10(13,14)15/h1-3H,4-5H2. The Balaban J connectivity index is 2.56. The van der Waals surface area contributed by atoms with Gasteiger partial charge in [0.05, 0.1) is 4.47 Å². The maximum absolute atomic E-state index is 12.8. The highest BCUT2D eigenvalue weighted by Crippen LogP contribution is 2.18. The molecule has 7 heteroatoms. The fourth-order valence-corrected chi connectivity index (χ4v) is 1.39. The molecule has 0 bridgehead atoms. The molecule has 1 aromatic rings. The Bertz CT molecular complexity index is 417. The van der Waals surface area contributed by atoms with Gasteiger partial charge in [-0.2, -0.15) is 13.2 Å². The van der Waals surface area contributed by atoms with Crippen molar-refractivity contribution < 1.29 is 27.1 Å². The average molecular weight is 315 g/mol. The molecule has 0 aliphatic rings. The van der Waals surface area contributed by atoms with Gasteiger partial charge in [-0.05, 0) is 34.1 Å². The van der Waals surface area contributed by atoms with Crippen LogP contribution in [0, 0.1) is 5.82 Å². The number of halogens is 5. The summed E-state index contributed by atoms with van der Waals surface area (Å²) in [5, 5.41) is 0. The molecule has 0 aromatic heterocycles. The van der Waals surface area contributed by atoms with Crippen LogP contribution in [0.25, 0.3) is 0 Å². The summed E-state index contributed by atoms with van der Waals surface area (Å²) in [4.78, 5) is 11.4. The minimum absolute atomic E-state index is 0.0687. The van der Waals surface area contributed by atoms with E-state index >= 15 is 0 Å². The molecule has 0 amide bonds. The first-order valence-electron chi connectivity index (χ1n) is 4.42. The predicted molar refractivity (Wildman–Crippen MR) is 55.3 cm³/mol. The molecule has 0 saturated carbocycles. The summed E-state index contributed by atoms with van der Waals surface area (Å²) in [5.74, 6) is -1.20. The second kappa shape index (κ2) is 5.59. The summed E-state index contributed by atoms with van der Waals surface area (Å²) >= 11 is 2.87. The van der Waals surface area contributed by atoms with Crippen LogP contribution < -0.4 is 0 Å². The van der Waals surface area contributed by atoms with Crippen LogP contribution in [0.1, 0.15) is 10.4 Å². The van der Waals surface area contributed by atoms with Crippen molar-refractivity contribution in [1.29, 1.82) is 0 Å². The van der Waals surface area contributed by atoms with Gasteiger partial charge in [-0.25, -0.2) is 4.39 Å². The highest BCUT2D eigenvalue weighted by Gasteiger charge is 2.27. The molecule has 0 saturated heterocycles. The highest BCUT2D eigenvalue weighted by atomic mass is 79.9. The molecule has 0 radical (unpaired) electrons. The fraction of sp³-hybridized carbons (Fsp3) is 0.300. The molecule has 0 fully saturated rings. The van der Waals surface area contributed by atoms with E-state index in [0.29, 0.717) is 0 Å². The molecule has 0 aliphatic heterocycles. The lowest BCUT2D eigenvalue weighted by molar-refractivity contribution is -0.170. The van der Waals surface area contributed by atoms with E-state index in [4.69, 9.17) is 0 Å². The summed E-state index contributed by atoms with van der Waals surface area (Å²) in [5.41, 5.74) is 0.0837. The Morgan fingerprint density at radius 1 is 1.35 bits per heavy atom. The molecule has 1 rings (SSSR count). The minimum atomic E-state index is -4.47. The Morgan fingerprint density at radius 3 is 2.53 bits per heavy atom. The van der Waals surface area contributed by atoms with Crippen LogP contribution in [-0.2, 0) is 4.74 Å². The molecule has 94 valence electrons. The molecule has 0 aliphatic carbocycles. The lowest BCUT2D eigenvalue weighted by Gasteiger charge is -2.07. The maximum Gasteiger partial charge on any atom is 0.411 e. The zero-order chi connectivity index (χ0) is 13.1. The quantitative estimate of drug-likeness (QED) is 0.629. The zero-order valence-corrected chi connectivity index (χ0v) is 9.94. The van der Waals surface area contributed by atoms with Crippen molar-refractivity contribution in [3.63, 3.8) is 0 Å². The van der Waals surface area contributed by atoms with Gasteiger partial charge < -0.3 is 4.74 Å². The van der Waals surface area contributed by atoms with Crippen molar-refractivity contribution in [1.82, 2.24) is 0 Å². The number of benzene rings is 1. The van der Waals surface area contributed by atoms with E-state index < -0.39 is 31.0 Å². The first-order chi connectivity index (χ1) is 7.79. The number of hydrogen-bond acceptors (Lipinski definition) is 2. The minimum Gasteiger partial charge on any atom is -0.364 e. The molecule has 17 heavy (non-hydrogen) atoms. The normalized spacial score (nSPS) is 11.6. The van der Waals surface area contributed by atoms with Gasteiger partial charge in [0.25, 0.3) is 0 Å². The van der Waals surface area contributed by atoms with Crippen LogP contribution in [0.15, 0.2) is 22.7 Å². The van der Waals surface area contributed by atoms with Gasteiger partial charge in [0, 0.05) is 5.56 Å². The smallest absolute Gasteiger partial charge is 0.364 e. The van der Waals surface area contributed by atoms with E-state index in [9.17, 15) is 22.4 Å². The third-order valence-electron chi connectivity index (χ3n) is 1.74. The van der Waals surface area contributed by atoms with Gasteiger partial charge >= 0.3 is 6.18 Å². The predicted octanol–water partition coefficient (Wildman–Crippen LogP) is 3.35. The number of hydrogen-bond donors (Lipinski definition) is 0. The van der Waals surface area contributed by atoms with Crippen molar-refractivity contribution in [2.45, 2.75) is 6.18 Å². The Labute approximate surface area is 103 Å². The van der Waals surface area contributed by atoms with Crippen LogP contribution in [0.3, 0.4) is 0 Å². The second-order valence-corrected chi connectivity index (χ2v) is 4.01. The Hall–Kier alpha value is -0.950. The van der Waals surface area contributed by atoms with E-state index in [0.717, 1.165) is 6.07 Å². The van der Waals surface area contributed by atoms with Gasteiger partial charge in [0.15, 0.2) is 5.78 Å². The van der Waals surface area contributed by atoms with E-state index in [1.54, 1.807) is 0 Å². The van der Waals surface area contributed by atoms with Crippen molar-refractivity contribution in [2.75, 3.05) is 13.2 Å². The average Bonchev–Trinajstić information content (AvgIpc) is 2.20.